The van der Waals surface area contributed by atoms with Gasteiger partial charge in [-0.25, -0.2) is 0 Å². The molecular formula is C47H59BrHfN2O2+2. The SMILES string of the molecule is Cc1cc(Br)c(O)c(CCN(CCN(C)C)Cc2cc(C)cc(-c3c(C(C)C)cccc3C(C)C)c2O)c1.[CH2-]c1ccccc1.[CH2-]c1ccccc1.[Hf+4]. The molecule has 0 unspecified atom stereocenters. The number of halogens is 1. The Kier molecular flexibility index (Phi) is 19.7. The quantitative estimate of drug-likeness (QED) is 0.102. The maximum absolute atomic E-state index is 11.7. The first-order valence-corrected chi connectivity index (χ1v) is 19.0. The van der Waals surface area contributed by atoms with Crippen molar-refractivity contribution in [1.29, 1.82) is 0 Å². The second-order valence-electron chi connectivity index (χ2n) is 14.5. The fourth-order valence-electron chi connectivity index (χ4n) is 6.11. The first-order chi connectivity index (χ1) is 24.7. The molecule has 0 radical (unpaired) electrons. The Morgan fingerprint density at radius 2 is 1.11 bits per heavy atom. The van der Waals surface area contributed by atoms with Crippen LogP contribution in [0.1, 0.15) is 84.0 Å². The van der Waals surface area contributed by atoms with E-state index >= 15 is 0 Å². The number of phenolic OH excluding ortho intramolecular Hbond substituents is 2. The molecule has 0 aliphatic carbocycles. The standard InChI is InChI=1S/C33H45BrN2O2.2C7H7.Hf/c1-21(2)27-10-9-11-28(22(3)4)31(27)29-18-23(5)17-26(32(29)37)20-36(15-14-35(7)8)13-12-25-16-24(6)19-30(34)33(25)38;2*1-7-5-3-2-4-6-7;/h9-11,16-19,21-22,37-38H,12-15,20H2,1-8H3;2*2-6H,1H2;/q;2*-1;+4. The number of phenols is 2. The number of benzene rings is 5. The summed E-state index contributed by atoms with van der Waals surface area (Å²) >= 11 is 3.48. The molecule has 0 aliphatic rings. The molecule has 0 saturated carbocycles. The monoisotopic (exact) mass is 942 g/mol. The summed E-state index contributed by atoms with van der Waals surface area (Å²) in [4.78, 5) is 4.56. The minimum Gasteiger partial charge on any atom is -0.507 e. The smallest absolute Gasteiger partial charge is 0.507 e. The van der Waals surface area contributed by atoms with Crippen molar-refractivity contribution in [2.24, 2.45) is 0 Å². The maximum atomic E-state index is 11.7. The van der Waals surface area contributed by atoms with Crippen LogP contribution >= 0.6 is 15.9 Å². The van der Waals surface area contributed by atoms with E-state index in [9.17, 15) is 10.2 Å². The summed E-state index contributed by atoms with van der Waals surface area (Å²) in [7, 11) is 4.17. The minimum absolute atomic E-state index is 0. The molecule has 53 heavy (non-hydrogen) atoms. The van der Waals surface area contributed by atoms with Gasteiger partial charge in [0.15, 0.2) is 0 Å². The van der Waals surface area contributed by atoms with Gasteiger partial charge in [-0.3, -0.25) is 4.90 Å². The van der Waals surface area contributed by atoms with E-state index in [1.165, 1.54) is 16.7 Å². The summed E-state index contributed by atoms with van der Waals surface area (Å²) in [5, 5.41) is 22.3. The molecule has 0 spiro atoms. The molecule has 6 heteroatoms. The number of hydrogen-bond donors (Lipinski definition) is 2. The van der Waals surface area contributed by atoms with Gasteiger partial charge in [0.2, 0.25) is 0 Å². The van der Waals surface area contributed by atoms with Crippen LogP contribution in [-0.2, 0) is 38.8 Å². The molecule has 0 bridgehead atoms. The van der Waals surface area contributed by atoms with E-state index in [0.717, 1.165) is 69.5 Å². The molecule has 0 aliphatic heterocycles. The number of likely N-dealkylation sites (N-methyl/N-ethyl adjacent to an activating group) is 1. The Bertz CT molecular complexity index is 1760. The number of rotatable bonds is 11. The molecule has 4 nitrogen and oxygen atoms in total. The van der Waals surface area contributed by atoms with E-state index in [1.54, 1.807) is 0 Å². The van der Waals surface area contributed by atoms with Crippen molar-refractivity contribution in [1.82, 2.24) is 9.80 Å². The molecule has 0 atom stereocenters. The van der Waals surface area contributed by atoms with Crippen LogP contribution in [0.4, 0.5) is 0 Å². The second-order valence-corrected chi connectivity index (χ2v) is 15.4. The van der Waals surface area contributed by atoms with Crippen molar-refractivity contribution in [2.75, 3.05) is 33.7 Å². The summed E-state index contributed by atoms with van der Waals surface area (Å²) in [6.45, 7) is 23.7. The maximum Gasteiger partial charge on any atom is 4.00 e. The molecule has 0 saturated heterocycles. The fourth-order valence-corrected chi connectivity index (χ4v) is 6.73. The molecule has 5 aromatic carbocycles. The predicted octanol–water partition coefficient (Wildman–Crippen LogP) is 11.7. The van der Waals surface area contributed by atoms with Crippen LogP contribution in [0.2, 0.25) is 0 Å². The van der Waals surface area contributed by atoms with Gasteiger partial charge in [-0.1, -0.05) is 70.2 Å². The van der Waals surface area contributed by atoms with E-state index in [0.29, 0.717) is 29.9 Å². The predicted molar refractivity (Wildman–Crippen MR) is 226 cm³/mol. The fraction of sp³-hybridized carbons (Fsp3) is 0.319. The number of hydrogen-bond acceptors (Lipinski definition) is 4. The molecule has 5 rings (SSSR count). The summed E-state index contributed by atoms with van der Waals surface area (Å²) < 4.78 is 0.734. The van der Waals surface area contributed by atoms with E-state index in [1.807, 2.05) is 73.7 Å². The van der Waals surface area contributed by atoms with Crippen LogP contribution in [0.5, 0.6) is 11.5 Å². The van der Waals surface area contributed by atoms with Crippen molar-refractivity contribution < 1.29 is 36.1 Å². The zero-order valence-corrected chi connectivity index (χ0v) is 38.3. The van der Waals surface area contributed by atoms with Gasteiger partial charge in [0.05, 0.1) is 4.47 Å². The van der Waals surface area contributed by atoms with E-state index in [2.05, 4.69) is 125 Å². The Balaban J connectivity index is 0.000000535. The van der Waals surface area contributed by atoms with Crippen molar-refractivity contribution in [3.05, 3.63) is 166 Å². The van der Waals surface area contributed by atoms with Crippen LogP contribution in [0.25, 0.3) is 11.1 Å². The number of aromatic hydroxyl groups is 2. The summed E-state index contributed by atoms with van der Waals surface area (Å²) in [6, 6.07) is 34.5. The van der Waals surface area contributed by atoms with E-state index in [4.69, 9.17) is 0 Å². The zero-order valence-electron chi connectivity index (χ0n) is 33.1. The average molecular weight is 942 g/mol. The van der Waals surface area contributed by atoms with Crippen molar-refractivity contribution >= 4 is 15.9 Å². The van der Waals surface area contributed by atoms with Gasteiger partial charge in [0, 0.05) is 37.3 Å². The molecule has 0 aromatic heterocycles. The molecule has 0 amide bonds. The van der Waals surface area contributed by atoms with E-state index in [-0.39, 0.29) is 25.8 Å². The van der Waals surface area contributed by atoms with Gasteiger partial charge in [-0.2, -0.15) is 49.2 Å². The Labute approximate surface area is 348 Å². The Morgan fingerprint density at radius 1 is 0.623 bits per heavy atom. The zero-order chi connectivity index (χ0) is 38.4. The molecule has 0 fully saturated rings. The first kappa shape index (κ1) is 45.9. The molecule has 0 heterocycles. The van der Waals surface area contributed by atoms with E-state index < -0.39 is 0 Å². The van der Waals surface area contributed by atoms with Gasteiger partial charge in [0.25, 0.3) is 0 Å². The number of aryl methyl sites for hydroxylation is 2. The molecule has 278 valence electrons. The van der Waals surface area contributed by atoms with Crippen LogP contribution in [-0.4, -0.2) is 53.7 Å². The van der Waals surface area contributed by atoms with Crippen LogP contribution in [0, 0.1) is 27.7 Å². The largest absolute Gasteiger partial charge is 4.00 e. The van der Waals surface area contributed by atoms with Crippen LogP contribution in [0.3, 0.4) is 0 Å². The third-order valence-electron chi connectivity index (χ3n) is 8.90. The molecule has 5 aromatic rings. The average Bonchev–Trinajstić information content (AvgIpc) is 3.10. The van der Waals surface area contributed by atoms with Gasteiger partial charge >= 0.3 is 25.8 Å². The van der Waals surface area contributed by atoms with Crippen LogP contribution < -0.4 is 0 Å². The van der Waals surface area contributed by atoms with Crippen molar-refractivity contribution in [3.63, 3.8) is 0 Å². The third-order valence-corrected chi connectivity index (χ3v) is 9.51. The van der Waals surface area contributed by atoms with Crippen molar-refractivity contribution in [2.45, 2.75) is 66.3 Å². The van der Waals surface area contributed by atoms with Crippen molar-refractivity contribution in [3.8, 4) is 22.6 Å². The first-order valence-electron chi connectivity index (χ1n) is 18.2. The van der Waals surface area contributed by atoms with Gasteiger partial charge in [-0.05, 0) is 108 Å². The molecular weight excluding hydrogens is 883 g/mol. The second kappa shape index (κ2) is 22.8. The minimum atomic E-state index is 0. The Morgan fingerprint density at radius 3 is 1.57 bits per heavy atom. The Hall–Kier alpha value is -3.29. The topological polar surface area (TPSA) is 46.9 Å². The van der Waals surface area contributed by atoms with Gasteiger partial charge in [-0.15, -0.1) is 24.3 Å². The summed E-state index contributed by atoms with van der Waals surface area (Å²) in [6.07, 6.45) is 0.729. The summed E-state index contributed by atoms with van der Waals surface area (Å²) in [5.41, 5.74) is 10.9. The normalized spacial score (nSPS) is 10.8. The number of nitrogens with zero attached hydrogens (tertiary/aromatic N) is 2. The van der Waals surface area contributed by atoms with Gasteiger partial charge in [0.1, 0.15) is 11.5 Å². The van der Waals surface area contributed by atoms with Gasteiger partial charge < -0.3 is 15.1 Å². The van der Waals surface area contributed by atoms with Crippen LogP contribution in [0.15, 0.2) is 108 Å². The third kappa shape index (κ3) is 14.8. The molecule has 2 N–H and O–H groups in total. The summed E-state index contributed by atoms with van der Waals surface area (Å²) in [5.74, 6) is 1.40.